The van der Waals surface area contributed by atoms with Gasteiger partial charge < -0.3 is 0 Å². The van der Waals surface area contributed by atoms with E-state index in [1.54, 1.807) is 0 Å². The summed E-state index contributed by atoms with van der Waals surface area (Å²) in [4.78, 5) is 0. The number of aromatic nitrogens is 4. The number of benzene rings is 2. The van der Waals surface area contributed by atoms with Gasteiger partial charge in [-0.2, -0.15) is 5.21 Å². The molecule has 1 N–H and O–H groups in total. The predicted molar refractivity (Wildman–Crippen MR) is 75.0 cm³/mol. The maximum Gasteiger partial charge on any atom is 0.205 e. The molecule has 19 heavy (non-hydrogen) atoms. The van der Waals surface area contributed by atoms with Crippen molar-refractivity contribution < 1.29 is 0 Å². The van der Waals surface area contributed by atoms with Crippen LogP contribution in [-0.2, 0) is 0 Å². The van der Waals surface area contributed by atoms with Crippen LogP contribution in [0.5, 0.6) is 0 Å². The molecule has 0 spiro atoms. The van der Waals surface area contributed by atoms with Gasteiger partial charge in [-0.05, 0) is 16.3 Å². The summed E-state index contributed by atoms with van der Waals surface area (Å²) in [6.07, 6.45) is 4.12. The summed E-state index contributed by atoms with van der Waals surface area (Å²) in [6, 6.07) is 18.1. The van der Waals surface area contributed by atoms with E-state index >= 15 is 0 Å². The fourth-order valence-electron chi connectivity index (χ4n) is 1.87. The Morgan fingerprint density at radius 3 is 2.42 bits per heavy atom. The summed E-state index contributed by atoms with van der Waals surface area (Å²) >= 11 is 0. The van der Waals surface area contributed by atoms with Crippen LogP contribution in [0.4, 0.5) is 0 Å². The summed E-state index contributed by atoms with van der Waals surface area (Å²) in [6.45, 7) is 0. The van der Waals surface area contributed by atoms with Crippen LogP contribution in [0.15, 0.2) is 54.6 Å². The molecule has 4 heteroatoms. The molecule has 1 aromatic heterocycles. The lowest BCUT2D eigenvalue weighted by Gasteiger charge is -2.00. The average molecular weight is 248 g/mol. The number of nitrogens with one attached hydrogen (secondary N) is 1. The van der Waals surface area contributed by atoms with Crippen molar-refractivity contribution in [1.29, 1.82) is 0 Å². The maximum atomic E-state index is 4.02. The molecular weight excluding hydrogens is 236 g/mol. The molecule has 1 heterocycles. The third-order valence-corrected chi connectivity index (χ3v) is 2.80. The van der Waals surface area contributed by atoms with Crippen LogP contribution in [0, 0.1) is 0 Å². The molecule has 0 aliphatic heterocycles. The first-order valence-electron chi connectivity index (χ1n) is 5.99. The predicted octanol–water partition coefficient (Wildman–Crippen LogP) is 3.04. The highest BCUT2D eigenvalue weighted by Crippen LogP contribution is 2.21. The van der Waals surface area contributed by atoms with Gasteiger partial charge in [-0.25, -0.2) is 0 Å². The van der Waals surface area contributed by atoms with E-state index in [4.69, 9.17) is 0 Å². The quantitative estimate of drug-likeness (QED) is 0.725. The number of tetrazole rings is 1. The van der Waals surface area contributed by atoms with Gasteiger partial charge >= 0.3 is 0 Å². The van der Waals surface area contributed by atoms with Crippen molar-refractivity contribution in [1.82, 2.24) is 20.6 Å². The Morgan fingerprint density at radius 2 is 1.63 bits per heavy atom. The van der Waals surface area contributed by atoms with Crippen LogP contribution in [0.2, 0.25) is 0 Å². The first-order chi connectivity index (χ1) is 9.43. The molecule has 0 bridgehead atoms. The minimum atomic E-state index is 0.605. The van der Waals surface area contributed by atoms with Crippen LogP contribution in [0.3, 0.4) is 0 Å². The molecule has 2 aromatic carbocycles. The second kappa shape index (κ2) is 5.27. The van der Waals surface area contributed by atoms with Gasteiger partial charge in [0.1, 0.15) is 0 Å². The normalized spacial score (nSPS) is 10.9. The molecule has 0 saturated carbocycles. The molecule has 0 aliphatic carbocycles. The zero-order valence-corrected chi connectivity index (χ0v) is 10.2. The van der Waals surface area contributed by atoms with Crippen LogP contribution >= 0.6 is 0 Å². The van der Waals surface area contributed by atoms with Crippen molar-refractivity contribution in [3.63, 3.8) is 0 Å². The van der Waals surface area contributed by atoms with Gasteiger partial charge in [0.25, 0.3) is 0 Å². The maximum absolute atomic E-state index is 4.02. The van der Waals surface area contributed by atoms with E-state index in [0.717, 1.165) is 16.7 Å². The van der Waals surface area contributed by atoms with Crippen LogP contribution in [-0.4, -0.2) is 20.6 Å². The van der Waals surface area contributed by atoms with Crippen molar-refractivity contribution in [2.45, 2.75) is 0 Å². The smallest absolute Gasteiger partial charge is 0.177 e. The SMILES string of the molecule is C(=Cc1ccccc1-c1nn[nH]n1)c1ccccc1. The number of hydrogen-bond acceptors (Lipinski definition) is 3. The first-order valence-corrected chi connectivity index (χ1v) is 5.99. The molecule has 0 fully saturated rings. The highest BCUT2D eigenvalue weighted by atomic mass is 15.5. The first kappa shape index (κ1) is 11.3. The Bertz CT molecular complexity index is 672. The summed E-state index contributed by atoms with van der Waals surface area (Å²) in [7, 11) is 0. The Labute approximate surface area is 110 Å². The standard InChI is InChI=1S/C15H12N4/c1-2-6-12(7-3-1)10-11-13-8-4-5-9-14(13)15-16-18-19-17-15/h1-11H,(H,16,17,18,19). The molecule has 0 radical (unpaired) electrons. The second-order valence-corrected chi connectivity index (χ2v) is 4.07. The van der Waals surface area contributed by atoms with Gasteiger partial charge in [0, 0.05) is 5.56 Å². The molecule has 4 nitrogen and oxygen atoms in total. The van der Waals surface area contributed by atoms with Gasteiger partial charge in [-0.3, -0.25) is 0 Å². The number of rotatable bonds is 3. The summed E-state index contributed by atoms with van der Waals surface area (Å²) < 4.78 is 0. The lowest BCUT2D eigenvalue weighted by molar-refractivity contribution is 0.881. The van der Waals surface area contributed by atoms with Crippen molar-refractivity contribution in [2.75, 3.05) is 0 Å². The van der Waals surface area contributed by atoms with Crippen molar-refractivity contribution >= 4 is 12.2 Å². The van der Waals surface area contributed by atoms with Crippen LogP contribution in [0.25, 0.3) is 23.5 Å². The second-order valence-electron chi connectivity index (χ2n) is 4.07. The molecule has 92 valence electrons. The van der Waals surface area contributed by atoms with Crippen LogP contribution in [0.1, 0.15) is 11.1 Å². The Balaban J connectivity index is 1.96. The number of hydrogen-bond donors (Lipinski definition) is 1. The molecule has 0 unspecified atom stereocenters. The topological polar surface area (TPSA) is 54.5 Å². The minimum Gasteiger partial charge on any atom is -0.177 e. The van der Waals surface area contributed by atoms with E-state index < -0.39 is 0 Å². The molecule has 3 rings (SSSR count). The zero-order valence-electron chi connectivity index (χ0n) is 10.2. The third kappa shape index (κ3) is 2.57. The lowest BCUT2D eigenvalue weighted by atomic mass is 10.1. The average Bonchev–Trinajstić information content (AvgIpc) is 3.01. The molecule has 0 amide bonds. The van der Waals surface area contributed by atoms with Gasteiger partial charge in [0.05, 0.1) is 0 Å². The molecular formula is C15H12N4. The monoisotopic (exact) mass is 248 g/mol. The van der Waals surface area contributed by atoms with Gasteiger partial charge in [-0.1, -0.05) is 66.7 Å². The highest BCUT2D eigenvalue weighted by Gasteiger charge is 2.05. The minimum absolute atomic E-state index is 0.605. The van der Waals surface area contributed by atoms with E-state index in [-0.39, 0.29) is 0 Å². The molecule has 0 saturated heterocycles. The summed E-state index contributed by atoms with van der Waals surface area (Å²) in [5.41, 5.74) is 3.18. The number of aromatic amines is 1. The van der Waals surface area contributed by atoms with E-state index in [9.17, 15) is 0 Å². The number of nitrogens with zero attached hydrogens (tertiary/aromatic N) is 3. The third-order valence-electron chi connectivity index (χ3n) is 2.80. The lowest BCUT2D eigenvalue weighted by Crippen LogP contribution is -1.85. The Hall–Kier alpha value is -2.75. The molecule has 0 atom stereocenters. The van der Waals surface area contributed by atoms with Gasteiger partial charge in [-0.15, -0.1) is 10.2 Å². The fraction of sp³-hybridized carbons (Fsp3) is 0. The Kier molecular flexibility index (Phi) is 3.14. The highest BCUT2D eigenvalue weighted by molar-refractivity contribution is 5.78. The van der Waals surface area contributed by atoms with Crippen molar-refractivity contribution in [2.24, 2.45) is 0 Å². The van der Waals surface area contributed by atoms with E-state index in [0.29, 0.717) is 5.82 Å². The molecule has 3 aromatic rings. The van der Waals surface area contributed by atoms with E-state index in [1.807, 2.05) is 42.5 Å². The summed E-state index contributed by atoms with van der Waals surface area (Å²) in [5, 5.41) is 14.1. The van der Waals surface area contributed by atoms with Gasteiger partial charge in [0.2, 0.25) is 5.82 Å². The fourth-order valence-corrected chi connectivity index (χ4v) is 1.87. The van der Waals surface area contributed by atoms with Gasteiger partial charge in [0.15, 0.2) is 0 Å². The number of H-pyrrole nitrogens is 1. The largest absolute Gasteiger partial charge is 0.205 e. The Morgan fingerprint density at radius 1 is 0.842 bits per heavy atom. The summed E-state index contributed by atoms with van der Waals surface area (Å²) in [5.74, 6) is 0.605. The van der Waals surface area contributed by atoms with E-state index in [1.165, 1.54) is 0 Å². The van der Waals surface area contributed by atoms with Crippen molar-refractivity contribution in [3.05, 3.63) is 65.7 Å². The van der Waals surface area contributed by atoms with Crippen molar-refractivity contribution in [3.8, 4) is 11.4 Å². The van der Waals surface area contributed by atoms with E-state index in [2.05, 4.69) is 44.9 Å². The molecule has 0 aliphatic rings. The van der Waals surface area contributed by atoms with Crippen LogP contribution < -0.4 is 0 Å². The zero-order chi connectivity index (χ0) is 12.9.